The fraction of sp³-hybridized carbons (Fsp3) is 0.467. The number of aromatic nitrogens is 3. The lowest BCUT2D eigenvalue weighted by atomic mass is 10.1. The van der Waals surface area contributed by atoms with E-state index in [0.717, 1.165) is 42.0 Å². The van der Waals surface area contributed by atoms with E-state index >= 15 is 0 Å². The molecule has 2 aliphatic rings. The van der Waals surface area contributed by atoms with Crippen molar-refractivity contribution in [3.8, 4) is 17.1 Å². The van der Waals surface area contributed by atoms with E-state index in [1.807, 2.05) is 24.3 Å². The van der Waals surface area contributed by atoms with Crippen molar-refractivity contribution >= 4 is 0 Å². The number of nitrogens with one attached hydrogen (secondary N) is 1. The van der Waals surface area contributed by atoms with Gasteiger partial charge in [-0.15, -0.1) is 10.2 Å². The summed E-state index contributed by atoms with van der Waals surface area (Å²) in [6.45, 7) is 1.90. The summed E-state index contributed by atoms with van der Waals surface area (Å²) in [6.07, 6.45) is 2.60. The molecular weight excluding hydrogens is 252 g/mol. The number of ether oxygens (including phenoxy) is 1. The molecule has 1 aliphatic heterocycles. The predicted molar refractivity (Wildman–Crippen MR) is 75.5 cm³/mol. The molecule has 2 heterocycles. The Morgan fingerprint density at radius 3 is 2.90 bits per heavy atom. The maximum absolute atomic E-state index is 5.45. The smallest absolute Gasteiger partial charge is 0.167 e. The van der Waals surface area contributed by atoms with Gasteiger partial charge >= 0.3 is 0 Å². The molecule has 20 heavy (non-hydrogen) atoms. The van der Waals surface area contributed by atoms with Crippen LogP contribution in [0.25, 0.3) is 11.4 Å². The Labute approximate surface area is 118 Å². The van der Waals surface area contributed by atoms with E-state index in [9.17, 15) is 0 Å². The van der Waals surface area contributed by atoms with Gasteiger partial charge in [0.05, 0.1) is 18.7 Å². The van der Waals surface area contributed by atoms with Crippen molar-refractivity contribution in [1.82, 2.24) is 20.1 Å². The highest BCUT2D eigenvalue weighted by Gasteiger charge is 2.37. The number of fused-ring (bicyclic) bond motifs is 1. The number of hydrogen-bond acceptors (Lipinski definition) is 4. The summed E-state index contributed by atoms with van der Waals surface area (Å²) in [5.41, 5.74) is 1.02. The topological polar surface area (TPSA) is 52.0 Å². The molecule has 0 spiro atoms. The van der Waals surface area contributed by atoms with E-state index in [-0.39, 0.29) is 0 Å². The third-order valence-corrected chi connectivity index (χ3v) is 4.20. The quantitative estimate of drug-likeness (QED) is 0.927. The second-order valence-corrected chi connectivity index (χ2v) is 5.50. The van der Waals surface area contributed by atoms with Gasteiger partial charge in [-0.3, -0.25) is 0 Å². The molecule has 0 amide bonds. The second-order valence-electron chi connectivity index (χ2n) is 5.50. The number of rotatable bonds is 3. The Morgan fingerprint density at radius 1 is 1.25 bits per heavy atom. The molecule has 1 atom stereocenters. The molecule has 1 unspecified atom stereocenters. The van der Waals surface area contributed by atoms with Gasteiger partial charge in [0.25, 0.3) is 0 Å². The van der Waals surface area contributed by atoms with Crippen LogP contribution in [-0.2, 0) is 6.54 Å². The van der Waals surface area contributed by atoms with Gasteiger partial charge in [0.15, 0.2) is 11.6 Å². The van der Waals surface area contributed by atoms with Gasteiger partial charge in [0.1, 0.15) is 5.75 Å². The number of benzene rings is 1. The normalized spacial score (nSPS) is 21.6. The predicted octanol–water partition coefficient (Wildman–Crippen LogP) is 2.01. The van der Waals surface area contributed by atoms with Crippen LogP contribution in [0.2, 0.25) is 0 Å². The standard InChI is InChI=1S/C15H18N4O/c1-20-12-5-3-2-4-11(12)14-17-18-15-13(10-6-7-10)16-8-9-19(14)15/h2-5,10,13,16H,6-9H2,1H3. The van der Waals surface area contributed by atoms with E-state index < -0.39 is 0 Å². The Kier molecular flexibility index (Phi) is 2.73. The zero-order valence-corrected chi connectivity index (χ0v) is 11.5. The van der Waals surface area contributed by atoms with Gasteiger partial charge in [-0.25, -0.2) is 0 Å². The van der Waals surface area contributed by atoms with Crippen LogP contribution in [0.5, 0.6) is 5.75 Å². The summed E-state index contributed by atoms with van der Waals surface area (Å²) < 4.78 is 7.70. The highest BCUT2D eigenvalue weighted by molar-refractivity contribution is 5.64. The average molecular weight is 270 g/mol. The monoisotopic (exact) mass is 270 g/mol. The Hall–Kier alpha value is -1.88. The van der Waals surface area contributed by atoms with Crippen LogP contribution in [-0.4, -0.2) is 28.4 Å². The molecule has 1 N–H and O–H groups in total. The second kappa shape index (κ2) is 4.59. The Bertz CT molecular complexity index is 633. The fourth-order valence-corrected chi connectivity index (χ4v) is 3.02. The zero-order valence-electron chi connectivity index (χ0n) is 11.5. The zero-order chi connectivity index (χ0) is 13.5. The number of hydrogen-bond donors (Lipinski definition) is 1. The minimum absolute atomic E-state index is 0.375. The van der Waals surface area contributed by atoms with Crippen LogP contribution in [0.4, 0.5) is 0 Å². The lowest BCUT2D eigenvalue weighted by molar-refractivity contribution is 0.382. The van der Waals surface area contributed by atoms with Gasteiger partial charge in [0.2, 0.25) is 0 Å². The summed E-state index contributed by atoms with van der Waals surface area (Å²) in [5, 5.41) is 12.5. The molecule has 2 aromatic rings. The molecule has 104 valence electrons. The number of para-hydroxylation sites is 1. The summed E-state index contributed by atoms with van der Waals surface area (Å²) in [5.74, 6) is 3.59. The van der Waals surface area contributed by atoms with Gasteiger partial charge in [-0.2, -0.15) is 0 Å². The van der Waals surface area contributed by atoms with Crippen molar-refractivity contribution in [2.24, 2.45) is 5.92 Å². The number of nitrogens with zero attached hydrogens (tertiary/aromatic N) is 3. The molecule has 5 heteroatoms. The first kappa shape index (κ1) is 11.9. The van der Waals surface area contributed by atoms with Crippen LogP contribution in [0.3, 0.4) is 0 Å². The molecule has 1 aliphatic carbocycles. The minimum atomic E-state index is 0.375. The molecule has 1 fully saturated rings. The van der Waals surface area contributed by atoms with E-state index in [4.69, 9.17) is 4.74 Å². The largest absolute Gasteiger partial charge is 0.496 e. The van der Waals surface area contributed by atoms with Crippen molar-refractivity contribution in [3.05, 3.63) is 30.1 Å². The van der Waals surface area contributed by atoms with E-state index in [1.54, 1.807) is 7.11 Å². The molecule has 0 radical (unpaired) electrons. The molecule has 1 aromatic heterocycles. The minimum Gasteiger partial charge on any atom is -0.496 e. The van der Waals surface area contributed by atoms with E-state index in [0.29, 0.717) is 6.04 Å². The maximum Gasteiger partial charge on any atom is 0.167 e. The van der Waals surface area contributed by atoms with Crippen molar-refractivity contribution < 1.29 is 4.74 Å². The Morgan fingerprint density at radius 2 is 2.10 bits per heavy atom. The average Bonchev–Trinajstić information content (AvgIpc) is 3.26. The summed E-state index contributed by atoms with van der Waals surface area (Å²) in [6, 6.07) is 8.38. The van der Waals surface area contributed by atoms with Crippen LogP contribution in [0, 0.1) is 5.92 Å². The first-order valence-corrected chi connectivity index (χ1v) is 7.18. The number of methoxy groups -OCH3 is 1. The van der Waals surface area contributed by atoms with Crippen LogP contribution in [0.1, 0.15) is 24.7 Å². The lowest BCUT2D eigenvalue weighted by Gasteiger charge is -2.25. The maximum atomic E-state index is 5.45. The highest BCUT2D eigenvalue weighted by atomic mass is 16.5. The first-order valence-electron chi connectivity index (χ1n) is 7.18. The first-order chi connectivity index (χ1) is 9.88. The van der Waals surface area contributed by atoms with Crippen molar-refractivity contribution in [2.75, 3.05) is 13.7 Å². The van der Waals surface area contributed by atoms with Crippen LogP contribution in [0.15, 0.2) is 24.3 Å². The van der Waals surface area contributed by atoms with Gasteiger partial charge in [-0.1, -0.05) is 12.1 Å². The molecule has 1 saturated carbocycles. The van der Waals surface area contributed by atoms with Gasteiger partial charge in [0, 0.05) is 13.1 Å². The molecule has 0 bridgehead atoms. The van der Waals surface area contributed by atoms with Gasteiger partial charge in [-0.05, 0) is 30.9 Å². The fourth-order valence-electron chi connectivity index (χ4n) is 3.02. The molecule has 5 nitrogen and oxygen atoms in total. The third-order valence-electron chi connectivity index (χ3n) is 4.20. The summed E-state index contributed by atoms with van der Waals surface area (Å²) >= 11 is 0. The van der Waals surface area contributed by atoms with Crippen LogP contribution < -0.4 is 10.1 Å². The van der Waals surface area contributed by atoms with E-state index in [1.165, 1.54) is 12.8 Å². The summed E-state index contributed by atoms with van der Waals surface area (Å²) in [7, 11) is 1.70. The van der Waals surface area contributed by atoms with Crippen LogP contribution >= 0.6 is 0 Å². The molecule has 1 aromatic carbocycles. The van der Waals surface area contributed by atoms with Crippen molar-refractivity contribution in [2.45, 2.75) is 25.4 Å². The van der Waals surface area contributed by atoms with Crippen molar-refractivity contribution in [3.63, 3.8) is 0 Å². The van der Waals surface area contributed by atoms with Gasteiger partial charge < -0.3 is 14.6 Å². The Balaban J connectivity index is 1.80. The van der Waals surface area contributed by atoms with E-state index in [2.05, 4.69) is 20.1 Å². The van der Waals surface area contributed by atoms with Crippen molar-refractivity contribution in [1.29, 1.82) is 0 Å². The SMILES string of the molecule is COc1ccccc1-c1nnc2n1CCNC2C1CC1. The lowest BCUT2D eigenvalue weighted by Crippen LogP contribution is -2.35. The molecular formula is C15H18N4O. The molecule has 4 rings (SSSR count). The third kappa shape index (κ3) is 1.81. The summed E-state index contributed by atoms with van der Waals surface area (Å²) in [4.78, 5) is 0. The highest BCUT2D eigenvalue weighted by Crippen LogP contribution is 2.42. The molecule has 0 saturated heterocycles.